The lowest BCUT2D eigenvalue weighted by Gasteiger charge is -2.42. The van der Waals surface area contributed by atoms with E-state index in [1.165, 1.54) is 25.7 Å². The van der Waals surface area contributed by atoms with Gasteiger partial charge in [-0.05, 0) is 59.4 Å². The Balaban J connectivity index is 0.00000200. The van der Waals surface area contributed by atoms with Crippen LogP contribution in [-0.2, 0) is 4.74 Å². The van der Waals surface area contributed by atoms with Crippen molar-refractivity contribution in [2.24, 2.45) is 0 Å². The Bertz CT molecular complexity index is 311. The fourth-order valence-electron chi connectivity index (χ4n) is 2.87. The summed E-state index contributed by atoms with van der Waals surface area (Å²) in [5.74, 6) is 0. The summed E-state index contributed by atoms with van der Waals surface area (Å²) in [6, 6.07) is 1.06. The van der Waals surface area contributed by atoms with Crippen molar-refractivity contribution in [1.29, 1.82) is 0 Å². The summed E-state index contributed by atoms with van der Waals surface area (Å²) < 4.78 is 5.44. The molecule has 2 heterocycles. The second kappa shape index (κ2) is 7.51. The zero-order valence-corrected chi connectivity index (χ0v) is 13.8. The third-order valence-electron chi connectivity index (χ3n) is 4.03. The van der Waals surface area contributed by atoms with Crippen LogP contribution in [0.1, 0.15) is 59.3 Å². The molecule has 2 atom stereocenters. The van der Waals surface area contributed by atoms with Crippen LogP contribution in [0.25, 0.3) is 0 Å². The third kappa shape index (κ3) is 5.13. The summed E-state index contributed by atoms with van der Waals surface area (Å²) >= 11 is 0. The van der Waals surface area contributed by atoms with Crippen molar-refractivity contribution in [3.05, 3.63) is 0 Å². The molecule has 1 amide bonds. The van der Waals surface area contributed by atoms with E-state index in [1.807, 2.05) is 25.7 Å². The Morgan fingerprint density at radius 1 is 1.25 bits per heavy atom. The first-order chi connectivity index (χ1) is 8.96. The molecule has 2 fully saturated rings. The van der Waals surface area contributed by atoms with Crippen LogP contribution in [0.5, 0.6) is 0 Å². The minimum Gasteiger partial charge on any atom is -0.444 e. The van der Waals surface area contributed by atoms with Crippen molar-refractivity contribution >= 4 is 18.5 Å². The molecule has 2 aliphatic rings. The molecule has 0 radical (unpaired) electrons. The Kier molecular flexibility index (Phi) is 6.59. The molecule has 2 saturated heterocycles. The van der Waals surface area contributed by atoms with Crippen molar-refractivity contribution in [1.82, 2.24) is 10.2 Å². The molecule has 20 heavy (non-hydrogen) atoms. The van der Waals surface area contributed by atoms with E-state index in [1.54, 1.807) is 0 Å². The molecule has 0 aromatic carbocycles. The number of hydrogen-bond donors (Lipinski definition) is 1. The SMILES string of the molecule is CC(C)(C)OC(=O)N1CCC1CCC1CCCCN1.Cl. The Labute approximate surface area is 129 Å². The van der Waals surface area contributed by atoms with Gasteiger partial charge in [-0.25, -0.2) is 4.79 Å². The molecule has 0 aliphatic carbocycles. The van der Waals surface area contributed by atoms with Gasteiger partial charge in [-0.15, -0.1) is 12.4 Å². The Morgan fingerprint density at radius 3 is 2.50 bits per heavy atom. The monoisotopic (exact) mass is 304 g/mol. The van der Waals surface area contributed by atoms with Gasteiger partial charge >= 0.3 is 6.09 Å². The number of hydrogen-bond acceptors (Lipinski definition) is 3. The zero-order chi connectivity index (χ0) is 13.9. The zero-order valence-electron chi connectivity index (χ0n) is 13.0. The molecule has 4 nitrogen and oxygen atoms in total. The Morgan fingerprint density at radius 2 is 2.00 bits per heavy atom. The van der Waals surface area contributed by atoms with Crippen LogP contribution in [-0.4, -0.2) is 41.8 Å². The highest BCUT2D eigenvalue weighted by Crippen LogP contribution is 2.26. The van der Waals surface area contributed by atoms with Gasteiger partial charge in [-0.2, -0.15) is 0 Å². The molecule has 2 rings (SSSR count). The van der Waals surface area contributed by atoms with Gasteiger partial charge in [0.25, 0.3) is 0 Å². The van der Waals surface area contributed by atoms with E-state index < -0.39 is 0 Å². The van der Waals surface area contributed by atoms with Crippen LogP contribution >= 0.6 is 12.4 Å². The smallest absolute Gasteiger partial charge is 0.410 e. The van der Waals surface area contributed by atoms with Crippen LogP contribution in [0.2, 0.25) is 0 Å². The molecule has 2 unspecified atom stereocenters. The van der Waals surface area contributed by atoms with Gasteiger partial charge in [-0.1, -0.05) is 6.42 Å². The molecule has 5 heteroatoms. The van der Waals surface area contributed by atoms with E-state index in [0.29, 0.717) is 12.1 Å². The summed E-state index contributed by atoms with van der Waals surface area (Å²) in [6.45, 7) is 7.78. The lowest BCUT2D eigenvalue weighted by molar-refractivity contribution is -0.00753. The topological polar surface area (TPSA) is 41.6 Å². The second-order valence-corrected chi connectivity index (χ2v) is 6.84. The van der Waals surface area contributed by atoms with Crippen LogP contribution in [0.15, 0.2) is 0 Å². The maximum atomic E-state index is 12.0. The standard InChI is InChI=1S/C15H28N2O2.ClH/c1-15(2,3)19-14(18)17-11-9-13(17)8-7-12-6-4-5-10-16-12;/h12-13,16H,4-11H2,1-3H3;1H. The number of rotatable bonds is 3. The number of carbonyl (C=O) groups is 1. The molecule has 2 aliphatic heterocycles. The van der Waals surface area contributed by atoms with E-state index in [4.69, 9.17) is 4.74 Å². The van der Waals surface area contributed by atoms with Gasteiger partial charge in [0.2, 0.25) is 0 Å². The highest BCUT2D eigenvalue weighted by Gasteiger charge is 2.35. The van der Waals surface area contributed by atoms with E-state index in [9.17, 15) is 4.79 Å². The van der Waals surface area contributed by atoms with Crippen molar-refractivity contribution in [2.45, 2.75) is 77.0 Å². The number of amides is 1. The van der Waals surface area contributed by atoms with Crippen molar-refractivity contribution < 1.29 is 9.53 Å². The van der Waals surface area contributed by atoms with Crippen molar-refractivity contribution in [2.75, 3.05) is 13.1 Å². The van der Waals surface area contributed by atoms with Crippen molar-refractivity contribution in [3.8, 4) is 0 Å². The molecule has 0 aromatic rings. The summed E-state index contributed by atoms with van der Waals surface area (Å²) in [7, 11) is 0. The first-order valence-electron chi connectivity index (χ1n) is 7.69. The average Bonchev–Trinajstić information content (AvgIpc) is 2.26. The molecule has 1 N–H and O–H groups in total. The molecule has 0 spiro atoms. The summed E-state index contributed by atoms with van der Waals surface area (Å²) in [6.07, 6.45) is 7.23. The van der Waals surface area contributed by atoms with Gasteiger partial charge in [0.05, 0.1) is 0 Å². The highest BCUT2D eigenvalue weighted by molar-refractivity contribution is 5.85. The number of piperidine rings is 1. The molecule has 0 saturated carbocycles. The number of halogens is 1. The van der Waals surface area contributed by atoms with Gasteiger partial charge < -0.3 is 15.0 Å². The Hall–Kier alpha value is -0.480. The van der Waals surface area contributed by atoms with Crippen molar-refractivity contribution in [3.63, 3.8) is 0 Å². The maximum absolute atomic E-state index is 12.0. The van der Waals surface area contributed by atoms with Gasteiger partial charge in [0, 0.05) is 18.6 Å². The summed E-state index contributed by atoms with van der Waals surface area (Å²) in [5.41, 5.74) is -0.387. The van der Waals surface area contributed by atoms with Crippen LogP contribution < -0.4 is 5.32 Å². The number of carbonyl (C=O) groups excluding carboxylic acids is 1. The van der Waals surface area contributed by atoms with E-state index >= 15 is 0 Å². The lowest BCUT2D eigenvalue weighted by atomic mass is 9.93. The number of nitrogens with one attached hydrogen (secondary N) is 1. The largest absolute Gasteiger partial charge is 0.444 e. The minimum atomic E-state index is -0.387. The van der Waals surface area contributed by atoms with Crippen LogP contribution in [0, 0.1) is 0 Å². The third-order valence-corrected chi connectivity index (χ3v) is 4.03. The normalized spacial score (nSPS) is 26.4. The van der Waals surface area contributed by atoms with E-state index in [2.05, 4.69) is 5.32 Å². The number of likely N-dealkylation sites (tertiary alicyclic amines) is 1. The molecular formula is C15H29ClN2O2. The van der Waals surface area contributed by atoms with Crippen LogP contribution in [0.4, 0.5) is 4.79 Å². The maximum Gasteiger partial charge on any atom is 0.410 e. The predicted octanol–water partition coefficient (Wildman–Crippen LogP) is 3.34. The summed E-state index contributed by atoms with van der Waals surface area (Å²) in [5, 5.41) is 3.57. The number of ether oxygens (including phenoxy) is 1. The quantitative estimate of drug-likeness (QED) is 0.869. The fourth-order valence-corrected chi connectivity index (χ4v) is 2.87. The van der Waals surface area contributed by atoms with Gasteiger partial charge in [0.15, 0.2) is 0 Å². The number of nitrogens with zero attached hydrogens (tertiary/aromatic N) is 1. The molecule has 0 bridgehead atoms. The first kappa shape index (κ1) is 17.6. The van der Waals surface area contributed by atoms with Gasteiger partial charge in [-0.3, -0.25) is 0 Å². The van der Waals surface area contributed by atoms with Crippen LogP contribution in [0.3, 0.4) is 0 Å². The first-order valence-corrected chi connectivity index (χ1v) is 7.69. The molecule has 118 valence electrons. The van der Waals surface area contributed by atoms with E-state index in [0.717, 1.165) is 25.9 Å². The van der Waals surface area contributed by atoms with Gasteiger partial charge in [0.1, 0.15) is 5.60 Å². The van der Waals surface area contributed by atoms with E-state index in [-0.39, 0.29) is 24.1 Å². The average molecular weight is 305 g/mol. The fraction of sp³-hybridized carbons (Fsp3) is 0.933. The second-order valence-electron chi connectivity index (χ2n) is 6.84. The predicted molar refractivity (Wildman–Crippen MR) is 83.5 cm³/mol. The highest BCUT2D eigenvalue weighted by atomic mass is 35.5. The lowest BCUT2D eigenvalue weighted by Crippen LogP contribution is -2.53. The summed E-state index contributed by atoms with van der Waals surface area (Å²) in [4.78, 5) is 13.9. The molecule has 0 aromatic heterocycles. The molecular weight excluding hydrogens is 276 g/mol. The minimum absolute atomic E-state index is 0.